The first-order valence-electron chi connectivity index (χ1n) is 6.61. The van der Waals surface area contributed by atoms with Crippen LogP contribution in [0.2, 0.25) is 0 Å². The third-order valence-corrected chi connectivity index (χ3v) is 3.70. The second-order valence-corrected chi connectivity index (χ2v) is 5.41. The minimum absolute atomic E-state index is 0.279. The Bertz CT molecular complexity index is 700. The lowest BCUT2D eigenvalue weighted by atomic mass is 10.3. The van der Waals surface area contributed by atoms with Crippen molar-refractivity contribution in [1.29, 1.82) is 0 Å². The van der Waals surface area contributed by atoms with E-state index in [1.54, 1.807) is 23.1 Å². The maximum absolute atomic E-state index is 12.8. The molecule has 3 aromatic rings. The summed E-state index contributed by atoms with van der Waals surface area (Å²) >= 11 is 1.48. The number of furan rings is 1. The second kappa shape index (κ2) is 7.08. The summed E-state index contributed by atoms with van der Waals surface area (Å²) in [4.78, 5) is 0. The second-order valence-electron chi connectivity index (χ2n) is 4.35. The largest absolute Gasteiger partial charge is 0.493 e. The van der Waals surface area contributed by atoms with E-state index in [-0.39, 0.29) is 5.82 Å². The SMILES string of the molecule is Fc1ccc(OCCSc2nnnn2Cc2ccco2)cc1. The Morgan fingerprint density at radius 1 is 1.23 bits per heavy atom. The quantitative estimate of drug-likeness (QED) is 0.492. The molecule has 6 nitrogen and oxygen atoms in total. The third-order valence-electron chi connectivity index (χ3n) is 2.78. The fourth-order valence-electron chi connectivity index (χ4n) is 1.77. The number of hydrogen-bond acceptors (Lipinski definition) is 6. The molecule has 0 N–H and O–H groups in total. The predicted molar refractivity (Wildman–Crippen MR) is 78.2 cm³/mol. The highest BCUT2D eigenvalue weighted by Crippen LogP contribution is 2.16. The first-order valence-corrected chi connectivity index (χ1v) is 7.59. The summed E-state index contributed by atoms with van der Waals surface area (Å²) in [7, 11) is 0. The van der Waals surface area contributed by atoms with Crippen LogP contribution in [0.5, 0.6) is 5.75 Å². The Morgan fingerprint density at radius 2 is 2.09 bits per heavy atom. The molecule has 0 spiro atoms. The van der Waals surface area contributed by atoms with Gasteiger partial charge >= 0.3 is 0 Å². The van der Waals surface area contributed by atoms with Gasteiger partial charge in [-0.05, 0) is 46.8 Å². The van der Waals surface area contributed by atoms with E-state index in [4.69, 9.17) is 9.15 Å². The molecule has 2 aromatic heterocycles. The summed E-state index contributed by atoms with van der Waals surface area (Å²) in [6, 6.07) is 9.62. The van der Waals surface area contributed by atoms with Crippen LogP contribution in [-0.2, 0) is 6.54 Å². The van der Waals surface area contributed by atoms with Crippen LogP contribution in [0, 0.1) is 5.82 Å². The van der Waals surface area contributed by atoms with Crippen molar-refractivity contribution in [3.8, 4) is 5.75 Å². The fraction of sp³-hybridized carbons (Fsp3) is 0.214. The van der Waals surface area contributed by atoms with Crippen molar-refractivity contribution in [3.05, 3.63) is 54.2 Å². The van der Waals surface area contributed by atoms with Gasteiger partial charge in [-0.1, -0.05) is 11.8 Å². The van der Waals surface area contributed by atoms with E-state index in [2.05, 4.69) is 15.5 Å². The molecule has 3 rings (SSSR count). The first-order chi connectivity index (χ1) is 10.8. The van der Waals surface area contributed by atoms with Crippen LogP contribution in [0.1, 0.15) is 5.76 Å². The number of rotatable bonds is 7. The summed E-state index contributed by atoms with van der Waals surface area (Å²) in [5.41, 5.74) is 0. The molecule has 0 unspecified atom stereocenters. The number of thioether (sulfide) groups is 1. The number of benzene rings is 1. The molecule has 0 aliphatic rings. The predicted octanol–water partition coefficient (Wildman–Crippen LogP) is 2.62. The number of hydrogen-bond donors (Lipinski definition) is 0. The zero-order chi connectivity index (χ0) is 15.2. The first kappa shape index (κ1) is 14.6. The molecule has 0 saturated heterocycles. The molecular weight excluding hydrogens is 307 g/mol. The summed E-state index contributed by atoms with van der Waals surface area (Å²) in [6.45, 7) is 0.963. The van der Waals surface area contributed by atoms with Gasteiger partial charge in [0, 0.05) is 5.75 Å². The highest BCUT2D eigenvalue weighted by atomic mass is 32.2. The molecule has 0 aliphatic carbocycles. The molecule has 8 heteroatoms. The van der Waals surface area contributed by atoms with Gasteiger partial charge in [0.05, 0.1) is 12.9 Å². The highest BCUT2D eigenvalue weighted by molar-refractivity contribution is 7.99. The molecule has 0 aliphatic heterocycles. The average Bonchev–Trinajstić information content (AvgIpc) is 3.18. The van der Waals surface area contributed by atoms with Gasteiger partial charge in [-0.3, -0.25) is 0 Å². The molecular formula is C14H13FN4O2S. The van der Waals surface area contributed by atoms with E-state index in [9.17, 15) is 4.39 Å². The van der Waals surface area contributed by atoms with Crippen molar-refractivity contribution in [2.45, 2.75) is 11.7 Å². The van der Waals surface area contributed by atoms with Gasteiger partial charge in [0.15, 0.2) is 0 Å². The monoisotopic (exact) mass is 320 g/mol. The van der Waals surface area contributed by atoms with Gasteiger partial charge in [0.25, 0.3) is 0 Å². The molecule has 1 aromatic carbocycles. The van der Waals surface area contributed by atoms with Crippen LogP contribution >= 0.6 is 11.8 Å². The number of nitrogens with zero attached hydrogens (tertiary/aromatic N) is 4. The van der Waals surface area contributed by atoms with Gasteiger partial charge in [0.1, 0.15) is 23.9 Å². The van der Waals surface area contributed by atoms with Crippen LogP contribution < -0.4 is 4.74 Å². The van der Waals surface area contributed by atoms with E-state index in [0.29, 0.717) is 29.8 Å². The summed E-state index contributed by atoms with van der Waals surface area (Å²) in [5.74, 6) is 1.82. The zero-order valence-electron chi connectivity index (χ0n) is 11.6. The Kier molecular flexibility index (Phi) is 4.69. The Labute approximate surface area is 130 Å². The maximum atomic E-state index is 12.8. The maximum Gasteiger partial charge on any atom is 0.209 e. The van der Waals surface area contributed by atoms with Crippen molar-refractivity contribution in [3.63, 3.8) is 0 Å². The molecule has 0 fully saturated rings. The summed E-state index contributed by atoms with van der Waals surface area (Å²) in [5, 5.41) is 12.3. The molecule has 0 amide bonds. The van der Waals surface area contributed by atoms with Crippen molar-refractivity contribution < 1.29 is 13.5 Å². The van der Waals surface area contributed by atoms with E-state index in [0.717, 1.165) is 5.76 Å². The van der Waals surface area contributed by atoms with Crippen molar-refractivity contribution >= 4 is 11.8 Å². The molecule has 0 radical (unpaired) electrons. The van der Waals surface area contributed by atoms with Crippen LogP contribution in [0.25, 0.3) is 0 Å². The van der Waals surface area contributed by atoms with Crippen LogP contribution in [0.15, 0.2) is 52.2 Å². The normalized spacial score (nSPS) is 10.8. The van der Waals surface area contributed by atoms with E-state index >= 15 is 0 Å². The Balaban J connectivity index is 1.48. The van der Waals surface area contributed by atoms with E-state index in [1.165, 1.54) is 23.9 Å². The van der Waals surface area contributed by atoms with Gasteiger partial charge < -0.3 is 9.15 Å². The van der Waals surface area contributed by atoms with Crippen molar-refractivity contribution in [2.75, 3.05) is 12.4 Å². The lowest BCUT2D eigenvalue weighted by molar-refractivity contribution is 0.343. The number of ether oxygens (including phenoxy) is 1. The number of aromatic nitrogens is 4. The van der Waals surface area contributed by atoms with Gasteiger partial charge in [-0.15, -0.1) is 5.10 Å². The molecule has 2 heterocycles. The molecule has 0 saturated carbocycles. The summed E-state index contributed by atoms with van der Waals surface area (Å²) < 4.78 is 25.2. The van der Waals surface area contributed by atoms with Crippen molar-refractivity contribution in [2.24, 2.45) is 0 Å². The Morgan fingerprint density at radius 3 is 2.86 bits per heavy atom. The molecule has 0 bridgehead atoms. The van der Waals surface area contributed by atoms with Crippen LogP contribution in [0.4, 0.5) is 4.39 Å². The molecule has 22 heavy (non-hydrogen) atoms. The topological polar surface area (TPSA) is 66.0 Å². The zero-order valence-corrected chi connectivity index (χ0v) is 12.4. The smallest absolute Gasteiger partial charge is 0.209 e. The van der Waals surface area contributed by atoms with E-state index < -0.39 is 0 Å². The molecule has 114 valence electrons. The standard InChI is InChI=1S/C14H13FN4O2S/c15-11-3-5-12(6-4-11)21-8-9-22-14-16-17-18-19(14)10-13-2-1-7-20-13/h1-7H,8-10H2. The minimum atomic E-state index is -0.279. The van der Waals surface area contributed by atoms with Gasteiger partial charge in [-0.25, -0.2) is 9.07 Å². The average molecular weight is 320 g/mol. The summed E-state index contributed by atoms with van der Waals surface area (Å²) in [6.07, 6.45) is 1.61. The fourth-order valence-corrected chi connectivity index (χ4v) is 2.47. The lowest BCUT2D eigenvalue weighted by Gasteiger charge is -2.05. The van der Waals surface area contributed by atoms with Crippen LogP contribution in [0.3, 0.4) is 0 Å². The third kappa shape index (κ3) is 3.85. The lowest BCUT2D eigenvalue weighted by Crippen LogP contribution is -2.05. The minimum Gasteiger partial charge on any atom is -0.493 e. The molecule has 0 atom stereocenters. The number of halogens is 1. The highest BCUT2D eigenvalue weighted by Gasteiger charge is 2.08. The van der Waals surface area contributed by atoms with Gasteiger partial charge in [-0.2, -0.15) is 0 Å². The van der Waals surface area contributed by atoms with Crippen LogP contribution in [-0.4, -0.2) is 32.6 Å². The van der Waals surface area contributed by atoms with Gasteiger partial charge in [0.2, 0.25) is 5.16 Å². The van der Waals surface area contributed by atoms with E-state index in [1.807, 2.05) is 12.1 Å². The number of tetrazole rings is 1. The Hall–Kier alpha value is -2.35. The van der Waals surface area contributed by atoms with Crippen molar-refractivity contribution in [1.82, 2.24) is 20.2 Å².